The lowest BCUT2D eigenvalue weighted by Gasteiger charge is -2.31. The van der Waals surface area contributed by atoms with E-state index in [-0.39, 0.29) is 17.0 Å². The van der Waals surface area contributed by atoms with Gasteiger partial charge >= 0.3 is 0 Å². The average Bonchev–Trinajstić information content (AvgIpc) is 2.73. The van der Waals surface area contributed by atoms with E-state index in [1.165, 1.54) is 6.07 Å². The van der Waals surface area contributed by atoms with Gasteiger partial charge in [0.15, 0.2) is 5.82 Å². The number of benzene rings is 1. The van der Waals surface area contributed by atoms with Gasteiger partial charge in [-0.15, -0.1) is 0 Å². The Morgan fingerprint density at radius 2 is 1.79 bits per heavy atom. The molecule has 0 spiro atoms. The van der Waals surface area contributed by atoms with Crippen LogP contribution in [0.3, 0.4) is 0 Å². The first kappa shape index (κ1) is 18.9. The van der Waals surface area contributed by atoms with Gasteiger partial charge in [0.1, 0.15) is 17.3 Å². The highest BCUT2D eigenvalue weighted by molar-refractivity contribution is 5.94. The number of hydrogen-bond donors (Lipinski definition) is 1. The zero-order chi connectivity index (χ0) is 20.4. The van der Waals surface area contributed by atoms with E-state index in [0.717, 1.165) is 18.2 Å². The van der Waals surface area contributed by atoms with Gasteiger partial charge in [0.25, 0.3) is 11.5 Å². The molecule has 3 heterocycles. The number of halogens is 2. The van der Waals surface area contributed by atoms with Crippen LogP contribution in [-0.4, -0.2) is 38.8 Å². The van der Waals surface area contributed by atoms with Crippen molar-refractivity contribution >= 4 is 5.91 Å². The standard InChI is InChI=1S/C21H18F2N4O2/c22-15-9-14(10-16(23)11-15)21(29)27-7-4-13(5-8-27)18-12-19(28)26-20(25-18)17-3-1-2-6-24-17/h1-3,6,9-13H,4-5,7-8H2,(H,25,26,28). The number of carbonyl (C=O) groups is 1. The summed E-state index contributed by atoms with van der Waals surface area (Å²) in [7, 11) is 0. The van der Waals surface area contributed by atoms with E-state index >= 15 is 0 Å². The first-order valence-electron chi connectivity index (χ1n) is 9.27. The number of aromatic amines is 1. The molecular formula is C21H18F2N4O2. The summed E-state index contributed by atoms with van der Waals surface area (Å²) in [5.74, 6) is -1.55. The molecule has 1 fully saturated rings. The van der Waals surface area contributed by atoms with Gasteiger partial charge in [-0.25, -0.2) is 13.8 Å². The third-order valence-electron chi connectivity index (χ3n) is 4.98. The van der Waals surface area contributed by atoms with Crippen LogP contribution in [-0.2, 0) is 0 Å². The van der Waals surface area contributed by atoms with Crippen LogP contribution in [0.1, 0.15) is 34.8 Å². The summed E-state index contributed by atoms with van der Waals surface area (Å²) in [5, 5.41) is 0. The predicted molar refractivity (Wildman–Crippen MR) is 102 cm³/mol. The molecule has 0 saturated carbocycles. The molecule has 1 saturated heterocycles. The SMILES string of the molecule is O=C(c1cc(F)cc(F)c1)N1CCC(c2cc(=O)[nH]c(-c3ccccn3)n2)CC1. The number of H-pyrrole nitrogens is 1. The van der Waals surface area contributed by atoms with Crippen LogP contribution in [0.2, 0.25) is 0 Å². The molecule has 2 aromatic heterocycles. The molecule has 0 atom stereocenters. The van der Waals surface area contributed by atoms with Gasteiger partial charge < -0.3 is 9.88 Å². The molecule has 0 bridgehead atoms. The number of nitrogens with one attached hydrogen (secondary N) is 1. The first-order chi connectivity index (χ1) is 14.0. The van der Waals surface area contributed by atoms with Crippen molar-refractivity contribution in [2.24, 2.45) is 0 Å². The fourth-order valence-electron chi connectivity index (χ4n) is 3.55. The molecule has 148 valence electrons. The minimum absolute atomic E-state index is 0.00679. The van der Waals surface area contributed by atoms with Crippen molar-refractivity contribution in [3.8, 4) is 11.5 Å². The lowest BCUT2D eigenvalue weighted by atomic mass is 9.93. The summed E-state index contributed by atoms with van der Waals surface area (Å²) in [6.07, 6.45) is 2.82. The van der Waals surface area contributed by atoms with E-state index in [4.69, 9.17) is 0 Å². The Balaban J connectivity index is 1.49. The van der Waals surface area contributed by atoms with Crippen molar-refractivity contribution in [1.82, 2.24) is 19.9 Å². The fourth-order valence-corrected chi connectivity index (χ4v) is 3.55. The second-order valence-electron chi connectivity index (χ2n) is 6.96. The topological polar surface area (TPSA) is 79.0 Å². The predicted octanol–water partition coefficient (Wildman–Crippen LogP) is 3.13. The Morgan fingerprint density at radius 3 is 2.45 bits per heavy atom. The van der Waals surface area contributed by atoms with Crippen LogP contribution < -0.4 is 5.56 Å². The maximum atomic E-state index is 13.4. The Kier molecular flexibility index (Phi) is 5.16. The van der Waals surface area contributed by atoms with Crippen molar-refractivity contribution in [3.05, 3.63) is 81.9 Å². The molecule has 1 aliphatic rings. The summed E-state index contributed by atoms with van der Waals surface area (Å²) < 4.78 is 26.8. The van der Waals surface area contributed by atoms with Crippen LogP contribution in [0.25, 0.3) is 11.5 Å². The highest BCUT2D eigenvalue weighted by Gasteiger charge is 2.26. The van der Waals surface area contributed by atoms with E-state index < -0.39 is 17.5 Å². The lowest BCUT2D eigenvalue weighted by molar-refractivity contribution is 0.0711. The lowest BCUT2D eigenvalue weighted by Crippen LogP contribution is -2.38. The highest BCUT2D eigenvalue weighted by atomic mass is 19.1. The molecular weight excluding hydrogens is 378 g/mol. The molecule has 8 heteroatoms. The first-order valence-corrected chi connectivity index (χ1v) is 9.27. The summed E-state index contributed by atoms with van der Waals surface area (Å²) in [6.45, 7) is 0.823. The average molecular weight is 396 g/mol. The maximum Gasteiger partial charge on any atom is 0.254 e. The molecule has 1 aliphatic heterocycles. The van der Waals surface area contributed by atoms with Crippen molar-refractivity contribution < 1.29 is 13.6 Å². The number of rotatable bonds is 3. The smallest absolute Gasteiger partial charge is 0.254 e. The Hall–Kier alpha value is -3.42. The molecule has 0 radical (unpaired) electrons. The second-order valence-corrected chi connectivity index (χ2v) is 6.96. The molecule has 29 heavy (non-hydrogen) atoms. The number of carbonyl (C=O) groups excluding carboxylic acids is 1. The molecule has 0 unspecified atom stereocenters. The van der Waals surface area contributed by atoms with Crippen LogP contribution in [0.15, 0.2) is 53.5 Å². The molecule has 1 aromatic carbocycles. The maximum absolute atomic E-state index is 13.4. The summed E-state index contributed by atoms with van der Waals surface area (Å²) in [5.41, 5.74) is 0.961. The minimum Gasteiger partial charge on any atom is -0.339 e. The number of hydrogen-bond acceptors (Lipinski definition) is 4. The number of aromatic nitrogens is 3. The molecule has 1 amide bonds. The van der Waals surface area contributed by atoms with E-state index in [1.807, 2.05) is 6.07 Å². The van der Waals surface area contributed by atoms with Gasteiger partial charge in [0.2, 0.25) is 0 Å². The van der Waals surface area contributed by atoms with Crippen molar-refractivity contribution in [3.63, 3.8) is 0 Å². The molecule has 3 aromatic rings. The molecule has 4 rings (SSSR count). The third-order valence-corrected chi connectivity index (χ3v) is 4.98. The molecule has 0 aliphatic carbocycles. The van der Waals surface area contributed by atoms with E-state index in [2.05, 4.69) is 15.0 Å². The van der Waals surface area contributed by atoms with Gasteiger partial charge in [0.05, 0.1) is 5.69 Å². The largest absolute Gasteiger partial charge is 0.339 e. The number of likely N-dealkylation sites (tertiary alicyclic amines) is 1. The van der Waals surface area contributed by atoms with Gasteiger partial charge in [-0.3, -0.25) is 14.6 Å². The van der Waals surface area contributed by atoms with Crippen molar-refractivity contribution in [1.29, 1.82) is 0 Å². The van der Waals surface area contributed by atoms with Gasteiger partial charge in [-0.05, 0) is 37.1 Å². The van der Waals surface area contributed by atoms with E-state index in [0.29, 0.717) is 43.1 Å². The summed E-state index contributed by atoms with van der Waals surface area (Å²) >= 11 is 0. The van der Waals surface area contributed by atoms with E-state index in [9.17, 15) is 18.4 Å². The van der Waals surface area contributed by atoms with Crippen LogP contribution in [0.5, 0.6) is 0 Å². The van der Waals surface area contributed by atoms with Crippen LogP contribution in [0.4, 0.5) is 8.78 Å². The van der Waals surface area contributed by atoms with Gasteiger partial charge in [-0.2, -0.15) is 0 Å². The number of amides is 1. The third kappa shape index (κ3) is 4.21. The van der Waals surface area contributed by atoms with Crippen LogP contribution in [0, 0.1) is 11.6 Å². The number of piperidine rings is 1. The van der Waals surface area contributed by atoms with Gasteiger partial charge in [0, 0.05) is 42.9 Å². The highest BCUT2D eigenvalue weighted by Crippen LogP contribution is 2.28. The summed E-state index contributed by atoms with van der Waals surface area (Å²) in [4.78, 5) is 37.7. The van der Waals surface area contributed by atoms with E-state index in [1.54, 1.807) is 23.2 Å². The molecule has 6 nitrogen and oxygen atoms in total. The summed E-state index contributed by atoms with van der Waals surface area (Å²) in [6, 6.07) is 9.64. The van der Waals surface area contributed by atoms with Crippen molar-refractivity contribution in [2.75, 3.05) is 13.1 Å². The minimum atomic E-state index is -0.780. The monoisotopic (exact) mass is 396 g/mol. The Bertz CT molecular complexity index is 1070. The Morgan fingerprint density at radius 1 is 1.07 bits per heavy atom. The zero-order valence-electron chi connectivity index (χ0n) is 15.4. The zero-order valence-corrected chi connectivity index (χ0v) is 15.4. The van der Waals surface area contributed by atoms with Crippen molar-refractivity contribution in [2.45, 2.75) is 18.8 Å². The molecule has 1 N–H and O–H groups in total. The number of pyridine rings is 1. The van der Waals surface area contributed by atoms with Gasteiger partial charge in [-0.1, -0.05) is 6.07 Å². The fraction of sp³-hybridized carbons (Fsp3) is 0.238. The number of nitrogens with zero attached hydrogens (tertiary/aromatic N) is 3. The normalized spacial score (nSPS) is 14.8. The Labute approximate surface area is 165 Å². The quantitative estimate of drug-likeness (QED) is 0.738. The second kappa shape index (κ2) is 7.90. The van der Waals surface area contributed by atoms with Crippen LogP contribution >= 0.6 is 0 Å².